The van der Waals surface area contributed by atoms with Gasteiger partial charge in [-0.3, -0.25) is 19.7 Å². The SMILES string of the molecule is O=C1C[C@H](c2ccc(S(=O)(=O)N3CCN(c4ccc(C(=O)N5CCOCC5)cc4[N+](=O)[O-])CC3)cc2)CN1. The maximum Gasteiger partial charge on any atom is 0.293 e. The summed E-state index contributed by atoms with van der Waals surface area (Å²) in [6.45, 7) is 3.14. The second-order valence-corrected chi connectivity index (χ2v) is 11.5. The van der Waals surface area contributed by atoms with Crippen molar-refractivity contribution >= 4 is 33.2 Å². The third-order valence-electron chi connectivity index (χ3n) is 7.26. The van der Waals surface area contributed by atoms with Crippen LogP contribution in [0.1, 0.15) is 28.3 Å². The molecule has 0 bridgehead atoms. The summed E-state index contributed by atoms with van der Waals surface area (Å²) in [5, 5.41) is 14.7. The van der Waals surface area contributed by atoms with Gasteiger partial charge in [0.15, 0.2) is 0 Å². The highest BCUT2D eigenvalue weighted by Gasteiger charge is 2.32. The van der Waals surface area contributed by atoms with Gasteiger partial charge < -0.3 is 19.9 Å². The van der Waals surface area contributed by atoms with Gasteiger partial charge in [-0.05, 0) is 29.8 Å². The first-order chi connectivity index (χ1) is 18.2. The first kappa shape index (κ1) is 26.1. The summed E-state index contributed by atoms with van der Waals surface area (Å²) in [5.41, 5.74) is 1.32. The zero-order chi connectivity index (χ0) is 26.9. The highest BCUT2D eigenvalue weighted by atomic mass is 32.2. The van der Waals surface area contributed by atoms with Crippen LogP contribution in [0.5, 0.6) is 0 Å². The zero-order valence-corrected chi connectivity index (χ0v) is 21.6. The van der Waals surface area contributed by atoms with E-state index < -0.39 is 14.9 Å². The largest absolute Gasteiger partial charge is 0.378 e. The number of nitrogens with one attached hydrogen (secondary N) is 1. The Morgan fingerprint density at radius 3 is 2.29 bits per heavy atom. The van der Waals surface area contributed by atoms with Crippen LogP contribution in [0.15, 0.2) is 47.4 Å². The topological polar surface area (TPSA) is 142 Å². The molecule has 3 aliphatic heterocycles. The third kappa shape index (κ3) is 5.22. The average Bonchev–Trinajstić information content (AvgIpc) is 3.39. The van der Waals surface area contributed by atoms with E-state index in [1.54, 1.807) is 46.2 Å². The van der Waals surface area contributed by atoms with Gasteiger partial charge in [0.25, 0.3) is 11.6 Å². The van der Waals surface area contributed by atoms with E-state index in [0.717, 1.165) is 5.56 Å². The molecule has 2 amide bonds. The summed E-state index contributed by atoms with van der Waals surface area (Å²) in [6, 6.07) is 11.1. The fourth-order valence-electron chi connectivity index (χ4n) is 5.09. The molecule has 0 aromatic heterocycles. The molecule has 3 fully saturated rings. The molecule has 3 saturated heterocycles. The Morgan fingerprint density at radius 1 is 1.00 bits per heavy atom. The number of piperazine rings is 1. The Kier molecular flexibility index (Phi) is 7.32. The maximum atomic E-state index is 13.2. The lowest BCUT2D eigenvalue weighted by Gasteiger charge is -2.35. The number of hydrogen-bond acceptors (Lipinski definition) is 8. The van der Waals surface area contributed by atoms with Crippen LogP contribution >= 0.6 is 0 Å². The van der Waals surface area contributed by atoms with Gasteiger partial charge in [-0.25, -0.2) is 8.42 Å². The van der Waals surface area contributed by atoms with Crippen LogP contribution in [0.2, 0.25) is 0 Å². The molecule has 2 aromatic carbocycles. The van der Waals surface area contributed by atoms with E-state index in [1.807, 2.05) is 0 Å². The molecule has 0 saturated carbocycles. The molecule has 3 aliphatic rings. The molecule has 202 valence electrons. The fraction of sp³-hybridized carbons (Fsp3) is 0.440. The van der Waals surface area contributed by atoms with Gasteiger partial charge in [-0.2, -0.15) is 4.31 Å². The predicted octanol–water partition coefficient (Wildman–Crippen LogP) is 1.18. The number of morpholine rings is 1. The van der Waals surface area contributed by atoms with E-state index in [4.69, 9.17) is 4.74 Å². The number of benzene rings is 2. The second kappa shape index (κ2) is 10.7. The summed E-state index contributed by atoms with van der Waals surface area (Å²) in [6.07, 6.45) is 0.391. The van der Waals surface area contributed by atoms with E-state index in [1.165, 1.54) is 10.4 Å². The van der Waals surface area contributed by atoms with Crippen molar-refractivity contribution < 1.29 is 27.7 Å². The molecule has 0 aliphatic carbocycles. The molecule has 3 heterocycles. The lowest BCUT2D eigenvalue weighted by Crippen LogP contribution is -2.48. The first-order valence-corrected chi connectivity index (χ1v) is 14.0. The lowest BCUT2D eigenvalue weighted by molar-refractivity contribution is -0.384. The molecule has 2 aromatic rings. The van der Waals surface area contributed by atoms with Crippen LogP contribution in [0.3, 0.4) is 0 Å². The van der Waals surface area contributed by atoms with E-state index >= 15 is 0 Å². The number of hydrogen-bond donors (Lipinski definition) is 1. The highest BCUT2D eigenvalue weighted by molar-refractivity contribution is 7.89. The quantitative estimate of drug-likeness (QED) is 0.423. The van der Waals surface area contributed by atoms with Crippen molar-refractivity contribution in [3.8, 4) is 0 Å². The molecule has 13 heteroatoms. The highest BCUT2D eigenvalue weighted by Crippen LogP contribution is 2.32. The van der Waals surface area contributed by atoms with Crippen LogP contribution in [0.25, 0.3) is 0 Å². The van der Waals surface area contributed by atoms with Crippen LogP contribution in [0, 0.1) is 10.1 Å². The van der Waals surface area contributed by atoms with Crippen molar-refractivity contribution in [2.75, 3.05) is 63.9 Å². The molecular formula is C25H29N5O7S. The second-order valence-electron chi connectivity index (χ2n) is 9.53. The number of nitrogens with zero attached hydrogens (tertiary/aromatic N) is 4. The smallest absolute Gasteiger partial charge is 0.293 e. The van der Waals surface area contributed by atoms with E-state index in [-0.39, 0.29) is 60.1 Å². The Hall–Kier alpha value is -3.55. The number of sulfonamides is 1. The Morgan fingerprint density at radius 2 is 1.68 bits per heavy atom. The standard InChI is InChI=1S/C25H29N5O7S/c31-24-16-20(17-26-24)18-1-4-21(5-2-18)38(35,36)29-9-7-27(8-10-29)22-6-3-19(15-23(22)30(33)34)25(32)28-11-13-37-14-12-28/h1-6,15,20H,7-14,16-17H2,(H,26,31)/t20-/m0/s1. The normalized spacial score (nSPS) is 20.8. The number of nitro groups is 1. The molecular weight excluding hydrogens is 514 g/mol. The summed E-state index contributed by atoms with van der Waals surface area (Å²) >= 11 is 0. The van der Waals surface area contributed by atoms with Gasteiger partial charge in [0.2, 0.25) is 15.9 Å². The minimum atomic E-state index is -3.75. The number of carbonyl (C=O) groups is 2. The molecule has 1 N–H and O–H groups in total. The monoisotopic (exact) mass is 543 g/mol. The Bertz CT molecular complexity index is 1330. The van der Waals surface area contributed by atoms with Gasteiger partial charge in [-0.15, -0.1) is 0 Å². The minimum absolute atomic E-state index is 0.0110. The number of ether oxygens (including phenoxy) is 1. The van der Waals surface area contributed by atoms with Crippen LogP contribution < -0.4 is 10.2 Å². The molecule has 38 heavy (non-hydrogen) atoms. The number of nitro benzene ring substituents is 1. The zero-order valence-electron chi connectivity index (χ0n) is 20.7. The summed E-state index contributed by atoms with van der Waals surface area (Å²) in [5.74, 6) is -0.252. The lowest BCUT2D eigenvalue weighted by atomic mass is 9.99. The summed E-state index contributed by atoms with van der Waals surface area (Å²) in [4.78, 5) is 39.2. The number of rotatable bonds is 6. The van der Waals surface area contributed by atoms with Gasteiger partial charge in [0, 0.05) is 69.8 Å². The molecule has 5 rings (SSSR count). The summed E-state index contributed by atoms with van der Waals surface area (Å²) in [7, 11) is -3.75. The van der Waals surface area contributed by atoms with E-state index in [9.17, 15) is 28.1 Å². The van der Waals surface area contributed by atoms with Crippen molar-refractivity contribution in [3.63, 3.8) is 0 Å². The van der Waals surface area contributed by atoms with Crippen molar-refractivity contribution in [2.24, 2.45) is 0 Å². The van der Waals surface area contributed by atoms with Crippen molar-refractivity contribution in [1.82, 2.24) is 14.5 Å². The third-order valence-corrected chi connectivity index (χ3v) is 9.18. The van der Waals surface area contributed by atoms with Gasteiger partial charge in [0.1, 0.15) is 5.69 Å². The minimum Gasteiger partial charge on any atom is -0.378 e. The van der Waals surface area contributed by atoms with Crippen LogP contribution in [0.4, 0.5) is 11.4 Å². The van der Waals surface area contributed by atoms with Crippen molar-refractivity contribution in [3.05, 3.63) is 63.7 Å². The molecule has 0 spiro atoms. The van der Waals surface area contributed by atoms with Gasteiger partial charge in [0.05, 0.1) is 23.0 Å². The van der Waals surface area contributed by atoms with Gasteiger partial charge in [-0.1, -0.05) is 12.1 Å². The maximum absolute atomic E-state index is 13.2. The average molecular weight is 544 g/mol. The fourth-order valence-corrected chi connectivity index (χ4v) is 6.51. The molecule has 0 radical (unpaired) electrons. The van der Waals surface area contributed by atoms with E-state index in [2.05, 4.69) is 5.32 Å². The van der Waals surface area contributed by atoms with Crippen molar-refractivity contribution in [2.45, 2.75) is 17.2 Å². The predicted molar refractivity (Wildman–Crippen MR) is 138 cm³/mol. The van der Waals surface area contributed by atoms with Crippen LogP contribution in [-0.2, 0) is 19.6 Å². The number of carbonyl (C=O) groups excluding carboxylic acids is 2. The molecule has 0 unspecified atom stereocenters. The Labute approximate surface area is 220 Å². The number of amides is 2. The number of anilines is 1. The van der Waals surface area contributed by atoms with Crippen LogP contribution in [-0.4, -0.2) is 93.4 Å². The van der Waals surface area contributed by atoms with E-state index in [0.29, 0.717) is 45.0 Å². The molecule has 1 atom stereocenters. The Balaban J connectivity index is 1.27. The molecule has 12 nitrogen and oxygen atoms in total. The summed E-state index contributed by atoms with van der Waals surface area (Å²) < 4.78 is 33.1. The first-order valence-electron chi connectivity index (χ1n) is 12.5. The van der Waals surface area contributed by atoms with Crippen molar-refractivity contribution in [1.29, 1.82) is 0 Å². The van der Waals surface area contributed by atoms with Gasteiger partial charge >= 0.3 is 0 Å².